The van der Waals surface area contributed by atoms with E-state index in [9.17, 15) is 9.90 Å². The highest BCUT2D eigenvalue weighted by molar-refractivity contribution is 5.94. The molecule has 5 nitrogen and oxygen atoms in total. The van der Waals surface area contributed by atoms with Crippen LogP contribution in [0.25, 0.3) is 0 Å². The van der Waals surface area contributed by atoms with E-state index in [0.29, 0.717) is 30.9 Å². The van der Waals surface area contributed by atoms with E-state index in [1.165, 1.54) is 7.11 Å². The predicted octanol–water partition coefficient (Wildman–Crippen LogP) is 0.829. The minimum absolute atomic E-state index is 0.403. The van der Waals surface area contributed by atoms with E-state index in [1.54, 1.807) is 18.3 Å². The molecule has 1 fully saturated rings. The molecule has 1 aliphatic heterocycles. The first-order chi connectivity index (χ1) is 8.09. The summed E-state index contributed by atoms with van der Waals surface area (Å²) in [7, 11) is 1.34. The van der Waals surface area contributed by atoms with Gasteiger partial charge in [0.1, 0.15) is 11.4 Å². The lowest BCUT2D eigenvalue weighted by molar-refractivity contribution is 0.00778. The zero-order valence-corrected chi connectivity index (χ0v) is 10.0. The summed E-state index contributed by atoms with van der Waals surface area (Å²) >= 11 is 0. The van der Waals surface area contributed by atoms with Gasteiger partial charge in [-0.1, -0.05) is 6.92 Å². The highest BCUT2D eigenvalue weighted by Crippen LogP contribution is 2.30. The van der Waals surface area contributed by atoms with E-state index in [-0.39, 0.29) is 0 Å². The summed E-state index contributed by atoms with van der Waals surface area (Å²) < 4.78 is 4.71. The maximum absolute atomic E-state index is 11.6. The maximum atomic E-state index is 11.6. The molecule has 0 spiro atoms. The number of aliphatic hydroxyl groups is 1. The normalized spacial score (nSPS) is 17.5. The quantitative estimate of drug-likeness (QED) is 0.787. The van der Waals surface area contributed by atoms with Crippen LogP contribution in [-0.2, 0) is 4.74 Å². The summed E-state index contributed by atoms with van der Waals surface area (Å²) in [5.74, 6) is 0.178. The number of methoxy groups -OCH3 is 1. The average molecular weight is 236 g/mol. The third-order valence-corrected chi connectivity index (χ3v) is 3.12. The number of hydrogen-bond acceptors (Lipinski definition) is 5. The van der Waals surface area contributed by atoms with Crippen molar-refractivity contribution < 1.29 is 14.6 Å². The molecule has 0 aliphatic carbocycles. The van der Waals surface area contributed by atoms with E-state index >= 15 is 0 Å². The van der Waals surface area contributed by atoms with Crippen LogP contribution in [0.5, 0.6) is 0 Å². The van der Waals surface area contributed by atoms with Gasteiger partial charge in [-0.15, -0.1) is 0 Å². The van der Waals surface area contributed by atoms with Crippen LogP contribution in [0.1, 0.15) is 23.7 Å². The lowest BCUT2D eigenvalue weighted by Crippen LogP contribution is -2.62. The van der Waals surface area contributed by atoms with Gasteiger partial charge in [0.15, 0.2) is 0 Å². The van der Waals surface area contributed by atoms with Crippen molar-refractivity contribution in [1.29, 1.82) is 0 Å². The van der Waals surface area contributed by atoms with E-state index in [4.69, 9.17) is 4.74 Å². The Morgan fingerprint density at radius 1 is 1.65 bits per heavy atom. The number of anilines is 1. The molecule has 1 aromatic rings. The molecule has 0 amide bonds. The summed E-state index contributed by atoms with van der Waals surface area (Å²) in [6.07, 6.45) is 2.33. The van der Waals surface area contributed by atoms with Gasteiger partial charge >= 0.3 is 5.97 Å². The average Bonchev–Trinajstić information content (AvgIpc) is 2.34. The largest absolute Gasteiger partial charge is 0.465 e. The van der Waals surface area contributed by atoms with E-state index in [0.717, 1.165) is 0 Å². The molecule has 0 bridgehead atoms. The van der Waals surface area contributed by atoms with Crippen LogP contribution in [0.3, 0.4) is 0 Å². The number of pyridine rings is 1. The first-order valence-electron chi connectivity index (χ1n) is 5.60. The van der Waals surface area contributed by atoms with Crippen LogP contribution in [0.4, 0.5) is 5.82 Å². The van der Waals surface area contributed by atoms with Crippen LogP contribution < -0.4 is 4.90 Å². The molecule has 17 heavy (non-hydrogen) atoms. The van der Waals surface area contributed by atoms with Gasteiger partial charge in [0.2, 0.25) is 0 Å². The molecule has 0 radical (unpaired) electrons. The molecule has 2 heterocycles. The van der Waals surface area contributed by atoms with Gasteiger partial charge in [-0.05, 0) is 18.6 Å². The van der Waals surface area contributed by atoms with E-state index in [2.05, 4.69) is 4.98 Å². The molecular formula is C12H16N2O3. The molecule has 1 aliphatic rings. The zero-order valence-electron chi connectivity index (χ0n) is 10.0. The van der Waals surface area contributed by atoms with Crippen molar-refractivity contribution in [3.8, 4) is 0 Å². The Labute approximate surface area is 100 Å². The first kappa shape index (κ1) is 11.9. The van der Waals surface area contributed by atoms with Crippen LogP contribution >= 0.6 is 0 Å². The standard InChI is InChI=1S/C12H16N2O3/c1-3-12(16)7-14(8-12)10-9(11(15)17-2)5-4-6-13-10/h4-6,16H,3,7-8H2,1-2H3. The number of carbonyl (C=O) groups is 1. The minimum atomic E-state index is -0.648. The highest BCUT2D eigenvalue weighted by atomic mass is 16.5. The fourth-order valence-electron chi connectivity index (χ4n) is 1.96. The number of esters is 1. The van der Waals surface area contributed by atoms with E-state index in [1.807, 2.05) is 11.8 Å². The summed E-state index contributed by atoms with van der Waals surface area (Å²) in [5.41, 5.74) is -0.210. The van der Waals surface area contributed by atoms with Gasteiger partial charge in [-0.3, -0.25) is 0 Å². The van der Waals surface area contributed by atoms with Crippen molar-refractivity contribution in [2.45, 2.75) is 18.9 Å². The lowest BCUT2D eigenvalue weighted by atomic mass is 9.91. The number of aromatic nitrogens is 1. The van der Waals surface area contributed by atoms with Crippen molar-refractivity contribution in [1.82, 2.24) is 4.98 Å². The van der Waals surface area contributed by atoms with Crippen LogP contribution in [0.2, 0.25) is 0 Å². The van der Waals surface area contributed by atoms with Crippen LogP contribution in [0.15, 0.2) is 18.3 Å². The fraction of sp³-hybridized carbons (Fsp3) is 0.500. The molecule has 92 valence electrons. The van der Waals surface area contributed by atoms with Gasteiger partial charge in [0, 0.05) is 19.3 Å². The Kier molecular flexibility index (Phi) is 3.02. The lowest BCUT2D eigenvalue weighted by Gasteiger charge is -2.47. The number of carbonyl (C=O) groups excluding carboxylic acids is 1. The van der Waals surface area contributed by atoms with Gasteiger partial charge in [-0.2, -0.15) is 0 Å². The van der Waals surface area contributed by atoms with Gasteiger partial charge in [-0.25, -0.2) is 9.78 Å². The monoisotopic (exact) mass is 236 g/mol. The number of nitrogens with zero attached hydrogens (tertiary/aromatic N) is 2. The topological polar surface area (TPSA) is 62.7 Å². The molecule has 0 aromatic carbocycles. The molecule has 1 N–H and O–H groups in total. The number of ether oxygens (including phenoxy) is 1. The molecular weight excluding hydrogens is 220 g/mol. The molecule has 2 rings (SSSR count). The summed E-state index contributed by atoms with van der Waals surface area (Å²) in [6, 6.07) is 3.37. The molecule has 0 unspecified atom stereocenters. The van der Waals surface area contributed by atoms with Crippen LogP contribution in [0, 0.1) is 0 Å². The Bertz CT molecular complexity index is 428. The van der Waals surface area contributed by atoms with Crippen molar-refractivity contribution in [3.63, 3.8) is 0 Å². The SMILES string of the molecule is CCC1(O)CN(c2ncccc2C(=O)OC)C1. The number of rotatable bonds is 3. The van der Waals surface area contributed by atoms with Crippen molar-refractivity contribution >= 4 is 11.8 Å². The third-order valence-electron chi connectivity index (χ3n) is 3.12. The third kappa shape index (κ3) is 2.10. The predicted molar refractivity (Wildman–Crippen MR) is 63.0 cm³/mol. The maximum Gasteiger partial charge on any atom is 0.341 e. The highest BCUT2D eigenvalue weighted by Gasteiger charge is 2.41. The summed E-state index contributed by atoms with van der Waals surface area (Å²) in [4.78, 5) is 17.6. The molecule has 1 aromatic heterocycles. The molecule has 0 saturated carbocycles. The summed E-state index contributed by atoms with van der Waals surface area (Å²) in [5, 5.41) is 9.95. The first-order valence-corrected chi connectivity index (χ1v) is 5.60. The Balaban J connectivity index is 2.20. The second-order valence-electron chi connectivity index (χ2n) is 4.30. The van der Waals surface area contributed by atoms with Crippen LogP contribution in [-0.4, -0.2) is 41.9 Å². The Morgan fingerprint density at radius 2 is 2.35 bits per heavy atom. The minimum Gasteiger partial charge on any atom is -0.465 e. The Hall–Kier alpha value is -1.62. The van der Waals surface area contributed by atoms with Crippen molar-refractivity contribution in [3.05, 3.63) is 23.9 Å². The van der Waals surface area contributed by atoms with E-state index < -0.39 is 11.6 Å². The molecule has 5 heteroatoms. The second-order valence-corrected chi connectivity index (χ2v) is 4.30. The van der Waals surface area contributed by atoms with Crippen molar-refractivity contribution in [2.75, 3.05) is 25.1 Å². The fourth-order valence-corrected chi connectivity index (χ4v) is 1.96. The number of hydrogen-bond donors (Lipinski definition) is 1. The van der Waals surface area contributed by atoms with Gasteiger partial charge in [0.25, 0.3) is 0 Å². The number of β-amino-alcohol motifs (C(OH)–C–C–N with tert-alkyl or cyclic N) is 1. The Morgan fingerprint density at radius 3 is 2.94 bits per heavy atom. The molecule has 0 atom stereocenters. The molecule has 1 saturated heterocycles. The smallest absolute Gasteiger partial charge is 0.341 e. The zero-order chi connectivity index (χ0) is 12.5. The second kappa shape index (κ2) is 4.33. The van der Waals surface area contributed by atoms with Gasteiger partial charge < -0.3 is 14.7 Å². The van der Waals surface area contributed by atoms with Gasteiger partial charge in [0.05, 0.1) is 12.7 Å². The summed E-state index contributed by atoms with van der Waals surface area (Å²) in [6.45, 7) is 2.95. The van der Waals surface area contributed by atoms with Crippen molar-refractivity contribution in [2.24, 2.45) is 0 Å².